The van der Waals surface area contributed by atoms with Crippen LogP contribution in [0.5, 0.6) is 0 Å². The van der Waals surface area contributed by atoms with Crippen LogP contribution in [0.2, 0.25) is 0 Å². The van der Waals surface area contributed by atoms with Crippen LogP contribution in [-0.4, -0.2) is 25.3 Å². The van der Waals surface area contributed by atoms with E-state index in [1.54, 1.807) is 12.1 Å². The predicted octanol–water partition coefficient (Wildman–Crippen LogP) is 1.93. The second-order valence-corrected chi connectivity index (χ2v) is 4.82. The lowest BCUT2D eigenvalue weighted by Crippen LogP contribution is -2.18. The Hall–Kier alpha value is -1.87. The van der Waals surface area contributed by atoms with Crippen molar-refractivity contribution in [3.63, 3.8) is 0 Å². The molecule has 0 saturated heterocycles. The molecule has 0 bridgehead atoms. The van der Waals surface area contributed by atoms with Crippen molar-refractivity contribution < 1.29 is 9.59 Å². The number of ketones is 1. The van der Waals surface area contributed by atoms with E-state index < -0.39 is 11.7 Å². The van der Waals surface area contributed by atoms with Gasteiger partial charge in [-0.25, -0.2) is 0 Å². The van der Waals surface area contributed by atoms with E-state index >= 15 is 0 Å². The van der Waals surface area contributed by atoms with E-state index in [2.05, 4.69) is 27.3 Å². The van der Waals surface area contributed by atoms with Gasteiger partial charge in [-0.1, -0.05) is 0 Å². The van der Waals surface area contributed by atoms with Crippen LogP contribution in [0, 0.1) is 11.3 Å². The third-order valence-corrected chi connectivity index (χ3v) is 3.39. The molecule has 0 aliphatic carbocycles. The molecule has 92 valence electrons. The van der Waals surface area contributed by atoms with E-state index in [1.165, 1.54) is 0 Å². The molecule has 1 aromatic carbocycles. The molecule has 0 atom stereocenters. The van der Waals surface area contributed by atoms with Gasteiger partial charge in [0.1, 0.15) is 0 Å². The summed E-state index contributed by atoms with van der Waals surface area (Å²) in [6, 6.07) is 5.44. The summed E-state index contributed by atoms with van der Waals surface area (Å²) in [5, 5.41) is 11.1. The number of anilines is 2. The molecule has 1 heterocycles. The smallest absolute Gasteiger partial charge is 0.296 e. The Labute approximate surface area is 113 Å². The molecule has 0 fully saturated rings. The average Bonchev–Trinajstić information content (AvgIpc) is 2.62. The molecule has 0 saturated carbocycles. The van der Waals surface area contributed by atoms with E-state index in [0.29, 0.717) is 24.2 Å². The largest absolute Gasteiger partial charge is 0.373 e. The van der Waals surface area contributed by atoms with Gasteiger partial charge in [0.05, 0.1) is 29.4 Å². The molecule has 0 aromatic heterocycles. The van der Waals surface area contributed by atoms with Gasteiger partial charge in [0.25, 0.3) is 11.7 Å². The fourth-order valence-electron chi connectivity index (χ4n) is 1.79. The highest BCUT2D eigenvalue weighted by atomic mass is 79.9. The summed E-state index contributed by atoms with van der Waals surface area (Å²) < 4.78 is 0.728. The van der Waals surface area contributed by atoms with Crippen LogP contribution >= 0.6 is 15.9 Å². The first-order valence-electron chi connectivity index (χ1n) is 5.32. The van der Waals surface area contributed by atoms with Crippen LogP contribution in [0.4, 0.5) is 11.4 Å². The maximum atomic E-state index is 11.5. The van der Waals surface area contributed by atoms with Gasteiger partial charge < -0.3 is 10.2 Å². The fourth-order valence-corrected chi connectivity index (χ4v) is 2.43. The Morgan fingerprint density at radius 1 is 1.44 bits per heavy atom. The maximum absolute atomic E-state index is 11.5. The van der Waals surface area contributed by atoms with Crippen molar-refractivity contribution in [3.05, 3.63) is 22.2 Å². The van der Waals surface area contributed by atoms with Gasteiger partial charge in [0, 0.05) is 18.1 Å². The molecule has 1 aliphatic rings. The minimum Gasteiger partial charge on any atom is -0.373 e. The molecular formula is C12H10BrN3O2. The Morgan fingerprint density at radius 2 is 2.17 bits per heavy atom. The molecular weight excluding hydrogens is 298 g/mol. The first kappa shape index (κ1) is 12.6. The lowest BCUT2D eigenvalue weighted by atomic mass is 10.1. The number of nitrogens with one attached hydrogen (secondary N) is 1. The second-order valence-electron chi connectivity index (χ2n) is 3.96. The van der Waals surface area contributed by atoms with Crippen LogP contribution in [0.3, 0.4) is 0 Å². The summed E-state index contributed by atoms with van der Waals surface area (Å²) in [6.45, 7) is 0.579. The van der Waals surface area contributed by atoms with Gasteiger partial charge in [0.2, 0.25) is 0 Å². The first-order chi connectivity index (χ1) is 8.54. The minimum absolute atomic E-state index is 0.379. The molecule has 5 nitrogen and oxygen atoms in total. The zero-order valence-electron chi connectivity index (χ0n) is 9.66. The van der Waals surface area contributed by atoms with Gasteiger partial charge in [-0.05, 0) is 28.1 Å². The lowest BCUT2D eigenvalue weighted by molar-refractivity contribution is -0.112. The van der Waals surface area contributed by atoms with Crippen molar-refractivity contribution in [1.29, 1.82) is 5.26 Å². The van der Waals surface area contributed by atoms with Crippen molar-refractivity contribution in [3.8, 4) is 6.07 Å². The summed E-state index contributed by atoms with van der Waals surface area (Å²) in [6.07, 6.45) is 0.408. The van der Waals surface area contributed by atoms with Gasteiger partial charge in [-0.15, -0.1) is 0 Å². The van der Waals surface area contributed by atoms with Crippen LogP contribution in [0.15, 0.2) is 16.6 Å². The molecule has 0 unspecified atom stereocenters. The summed E-state index contributed by atoms with van der Waals surface area (Å²) >= 11 is 3.37. The van der Waals surface area contributed by atoms with E-state index in [1.807, 2.05) is 11.9 Å². The number of carbonyl (C=O) groups is 2. The van der Waals surface area contributed by atoms with Crippen molar-refractivity contribution in [1.82, 2.24) is 0 Å². The summed E-state index contributed by atoms with van der Waals surface area (Å²) in [7, 11) is 1.85. The van der Waals surface area contributed by atoms with Crippen molar-refractivity contribution >= 4 is 39.0 Å². The van der Waals surface area contributed by atoms with E-state index in [-0.39, 0.29) is 0 Å². The standard InChI is InChI=1S/C12H10BrN3O2/c1-16(4-2-3-14)10-6-9-7(5-8(10)13)11(17)12(18)15-9/h5-6H,2,4H2,1H3,(H,15,17,18). The number of rotatable bonds is 3. The third-order valence-electron chi connectivity index (χ3n) is 2.76. The highest BCUT2D eigenvalue weighted by Crippen LogP contribution is 2.34. The van der Waals surface area contributed by atoms with E-state index in [9.17, 15) is 9.59 Å². The highest BCUT2D eigenvalue weighted by molar-refractivity contribution is 9.10. The Morgan fingerprint density at radius 3 is 2.83 bits per heavy atom. The molecule has 2 rings (SSSR count). The summed E-state index contributed by atoms with van der Waals surface area (Å²) in [5.41, 5.74) is 1.73. The number of fused-ring (bicyclic) bond motifs is 1. The van der Waals surface area contributed by atoms with E-state index in [4.69, 9.17) is 5.26 Å². The van der Waals surface area contributed by atoms with Gasteiger partial charge in [0.15, 0.2) is 0 Å². The number of carbonyl (C=O) groups excluding carboxylic acids is 2. The fraction of sp³-hybridized carbons (Fsp3) is 0.250. The maximum Gasteiger partial charge on any atom is 0.296 e. The monoisotopic (exact) mass is 307 g/mol. The Kier molecular flexibility index (Phi) is 3.34. The van der Waals surface area contributed by atoms with Crippen molar-refractivity contribution in [2.75, 3.05) is 23.8 Å². The number of benzene rings is 1. The molecule has 0 spiro atoms. The predicted molar refractivity (Wildman–Crippen MR) is 70.6 cm³/mol. The topological polar surface area (TPSA) is 73.2 Å². The van der Waals surface area contributed by atoms with Gasteiger partial charge in [-0.2, -0.15) is 5.26 Å². The number of halogens is 1. The number of hydrogen-bond acceptors (Lipinski definition) is 4. The van der Waals surface area contributed by atoms with Crippen LogP contribution in [0.25, 0.3) is 0 Å². The zero-order valence-corrected chi connectivity index (χ0v) is 11.2. The number of nitriles is 1. The van der Waals surface area contributed by atoms with Crippen LogP contribution in [0.1, 0.15) is 16.8 Å². The molecule has 1 N–H and O–H groups in total. The second kappa shape index (κ2) is 4.78. The van der Waals surface area contributed by atoms with Crippen LogP contribution in [-0.2, 0) is 4.79 Å². The summed E-state index contributed by atoms with van der Waals surface area (Å²) in [5.74, 6) is -1.12. The minimum atomic E-state index is -0.603. The van der Waals surface area contributed by atoms with E-state index in [0.717, 1.165) is 10.2 Å². The summed E-state index contributed by atoms with van der Waals surface area (Å²) in [4.78, 5) is 24.7. The zero-order chi connectivity index (χ0) is 13.3. The molecule has 1 aromatic rings. The normalized spacial score (nSPS) is 12.9. The molecule has 6 heteroatoms. The quantitative estimate of drug-likeness (QED) is 0.866. The molecule has 18 heavy (non-hydrogen) atoms. The van der Waals surface area contributed by atoms with Crippen molar-refractivity contribution in [2.45, 2.75) is 6.42 Å². The average molecular weight is 308 g/mol. The Balaban J connectivity index is 2.36. The molecule has 1 amide bonds. The third kappa shape index (κ3) is 2.09. The number of Topliss-reactive ketones (excluding diaryl/α,β-unsaturated/α-hetero) is 1. The highest BCUT2D eigenvalue weighted by Gasteiger charge is 2.29. The first-order valence-corrected chi connectivity index (χ1v) is 6.11. The van der Waals surface area contributed by atoms with Gasteiger partial charge >= 0.3 is 0 Å². The molecule has 1 aliphatic heterocycles. The van der Waals surface area contributed by atoms with Gasteiger partial charge in [-0.3, -0.25) is 9.59 Å². The number of amides is 1. The number of hydrogen-bond donors (Lipinski definition) is 1. The molecule has 0 radical (unpaired) electrons. The lowest BCUT2D eigenvalue weighted by Gasteiger charge is -2.20. The Bertz CT molecular complexity index is 577. The van der Waals surface area contributed by atoms with Crippen molar-refractivity contribution in [2.24, 2.45) is 0 Å². The SMILES string of the molecule is CN(CCC#N)c1cc2c(cc1Br)C(=O)C(=O)N2. The number of nitrogens with zero attached hydrogens (tertiary/aromatic N) is 2. The van der Waals surface area contributed by atoms with Crippen LogP contribution < -0.4 is 10.2 Å².